The first-order valence-electron chi connectivity index (χ1n) is 7.22. The third-order valence-corrected chi connectivity index (χ3v) is 4.07. The average molecular weight is 299 g/mol. The van der Waals surface area contributed by atoms with Crippen LogP contribution in [-0.4, -0.2) is 28.6 Å². The van der Waals surface area contributed by atoms with Gasteiger partial charge in [-0.1, -0.05) is 26.7 Å². The number of hydrogen-bond acceptors (Lipinski definition) is 5. The Kier molecular flexibility index (Phi) is 5.02. The molecular weight excluding hydrogens is 276 g/mol. The molecule has 1 aromatic rings. The molecule has 0 spiro atoms. The first-order valence-corrected chi connectivity index (χ1v) is 7.60. The normalized spacial score (nSPS) is 17.4. The number of aromatic nitrogens is 3. The summed E-state index contributed by atoms with van der Waals surface area (Å²) in [4.78, 5) is 12.2. The van der Waals surface area contributed by atoms with E-state index in [1.54, 1.807) is 0 Å². The van der Waals surface area contributed by atoms with Crippen LogP contribution in [0, 0.1) is 11.3 Å². The Morgan fingerprint density at radius 1 is 1.25 bits per heavy atom. The van der Waals surface area contributed by atoms with Crippen LogP contribution in [-0.2, 0) is 0 Å². The van der Waals surface area contributed by atoms with Crippen LogP contribution >= 0.6 is 11.6 Å². The minimum Gasteiger partial charge on any atom is -0.467 e. The second kappa shape index (κ2) is 6.57. The van der Waals surface area contributed by atoms with Crippen LogP contribution in [0.25, 0.3) is 0 Å². The quantitative estimate of drug-likeness (QED) is 0.870. The molecule has 0 aromatic carbocycles. The molecule has 0 unspecified atom stereocenters. The van der Waals surface area contributed by atoms with Crippen LogP contribution in [0.4, 0.5) is 5.95 Å². The van der Waals surface area contributed by atoms with Crippen LogP contribution in [0.5, 0.6) is 6.01 Å². The van der Waals surface area contributed by atoms with E-state index in [4.69, 9.17) is 16.3 Å². The molecule has 112 valence electrons. The number of ether oxygens (including phenoxy) is 1. The Labute approximate surface area is 125 Å². The maximum atomic E-state index is 5.86. The largest absolute Gasteiger partial charge is 0.467 e. The fraction of sp³-hybridized carbons (Fsp3) is 0.786. The van der Waals surface area contributed by atoms with Gasteiger partial charge in [0, 0.05) is 6.54 Å². The van der Waals surface area contributed by atoms with Crippen molar-refractivity contribution in [2.24, 2.45) is 11.3 Å². The third-order valence-electron chi connectivity index (χ3n) is 3.90. The minimum absolute atomic E-state index is 0.156. The van der Waals surface area contributed by atoms with E-state index in [1.807, 2.05) is 0 Å². The van der Waals surface area contributed by atoms with Crippen LogP contribution in [0.15, 0.2) is 0 Å². The smallest absolute Gasteiger partial charge is 0.322 e. The van der Waals surface area contributed by atoms with Crippen molar-refractivity contribution in [2.45, 2.75) is 46.0 Å². The molecular formula is C14H23ClN4O. The molecule has 0 bridgehead atoms. The Bertz CT molecular complexity index is 447. The van der Waals surface area contributed by atoms with E-state index in [9.17, 15) is 0 Å². The molecule has 1 aromatic heterocycles. The molecule has 1 aliphatic carbocycles. The molecule has 0 radical (unpaired) electrons. The standard InChI is InChI=1S/C14H23ClN4O/c1-10(2)8-14(6-4-5-7-14)9-16-12-17-11(15)18-13(19-12)20-3/h10H,4-9H2,1-3H3,(H,16,17,18,19). The van der Waals surface area contributed by atoms with E-state index in [-0.39, 0.29) is 11.3 Å². The van der Waals surface area contributed by atoms with E-state index >= 15 is 0 Å². The molecule has 0 amide bonds. The predicted octanol–water partition coefficient (Wildman–Crippen LogP) is 3.55. The fourth-order valence-electron chi connectivity index (χ4n) is 3.21. The van der Waals surface area contributed by atoms with Gasteiger partial charge in [-0.2, -0.15) is 15.0 Å². The third kappa shape index (κ3) is 3.95. The molecule has 1 aliphatic rings. The van der Waals surface area contributed by atoms with Gasteiger partial charge in [-0.05, 0) is 42.2 Å². The molecule has 0 aliphatic heterocycles. The van der Waals surface area contributed by atoms with Gasteiger partial charge in [0.2, 0.25) is 11.2 Å². The topological polar surface area (TPSA) is 59.9 Å². The molecule has 1 N–H and O–H groups in total. The molecule has 20 heavy (non-hydrogen) atoms. The summed E-state index contributed by atoms with van der Waals surface area (Å²) in [5.74, 6) is 1.20. The zero-order valence-electron chi connectivity index (χ0n) is 12.4. The molecule has 1 saturated carbocycles. The summed E-state index contributed by atoms with van der Waals surface area (Å²) >= 11 is 5.86. The van der Waals surface area contributed by atoms with Gasteiger partial charge in [0.15, 0.2) is 0 Å². The van der Waals surface area contributed by atoms with Crippen molar-refractivity contribution >= 4 is 17.5 Å². The zero-order chi connectivity index (χ0) is 14.6. The van der Waals surface area contributed by atoms with Crippen LogP contribution in [0.2, 0.25) is 5.28 Å². The van der Waals surface area contributed by atoms with Gasteiger partial charge in [0.1, 0.15) is 0 Å². The summed E-state index contributed by atoms with van der Waals surface area (Å²) in [5.41, 5.74) is 0.362. The zero-order valence-corrected chi connectivity index (χ0v) is 13.2. The second-order valence-electron chi connectivity index (χ2n) is 6.07. The van der Waals surface area contributed by atoms with Crippen molar-refractivity contribution < 1.29 is 4.74 Å². The van der Waals surface area contributed by atoms with Gasteiger partial charge < -0.3 is 10.1 Å². The highest BCUT2D eigenvalue weighted by molar-refractivity contribution is 6.28. The van der Waals surface area contributed by atoms with E-state index in [2.05, 4.69) is 34.1 Å². The summed E-state index contributed by atoms with van der Waals surface area (Å²) in [6.45, 7) is 5.44. The Morgan fingerprint density at radius 3 is 2.55 bits per heavy atom. The van der Waals surface area contributed by atoms with Crippen molar-refractivity contribution in [3.05, 3.63) is 5.28 Å². The Hall–Kier alpha value is -1.10. The lowest BCUT2D eigenvalue weighted by Gasteiger charge is -2.31. The number of nitrogens with zero attached hydrogens (tertiary/aromatic N) is 3. The van der Waals surface area contributed by atoms with Crippen molar-refractivity contribution in [1.29, 1.82) is 0 Å². The summed E-state index contributed by atoms with van der Waals surface area (Å²) in [7, 11) is 1.52. The van der Waals surface area contributed by atoms with E-state index in [0.717, 1.165) is 6.54 Å². The number of methoxy groups -OCH3 is 1. The lowest BCUT2D eigenvalue weighted by Crippen LogP contribution is -2.29. The van der Waals surface area contributed by atoms with Crippen LogP contribution < -0.4 is 10.1 Å². The van der Waals surface area contributed by atoms with Gasteiger partial charge >= 0.3 is 6.01 Å². The minimum atomic E-state index is 0.156. The number of anilines is 1. The van der Waals surface area contributed by atoms with Gasteiger partial charge in [0.05, 0.1) is 7.11 Å². The SMILES string of the molecule is COc1nc(Cl)nc(NCC2(CC(C)C)CCCC2)n1. The van der Waals surface area contributed by atoms with Crippen molar-refractivity contribution in [3.8, 4) is 6.01 Å². The first kappa shape index (κ1) is 15.3. The average Bonchev–Trinajstić information content (AvgIpc) is 2.84. The Balaban J connectivity index is 2.04. The van der Waals surface area contributed by atoms with Crippen LogP contribution in [0.1, 0.15) is 46.0 Å². The number of nitrogens with one attached hydrogen (secondary N) is 1. The predicted molar refractivity (Wildman–Crippen MR) is 80.2 cm³/mol. The van der Waals surface area contributed by atoms with Gasteiger partial charge in [-0.3, -0.25) is 0 Å². The number of rotatable bonds is 6. The second-order valence-corrected chi connectivity index (χ2v) is 6.41. The van der Waals surface area contributed by atoms with Crippen LogP contribution in [0.3, 0.4) is 0 Å². The molecule has 1 heterocycles. The fourth-order valence-corrected chi connectivity index (χ4v) is 3.37. The summed E-state index contributed by atoms with van der Waals surface area (Å²) in [6.07, 6.45) is 6.41. The molecule has 5 nitrogen and oxygen atoms in total. The highest BCUT2D eigenvalue weighted by Crippen LogP contribution is 2.43. The van der Waals surface area contributed by atoms with Gasteiger partial charge in [0.25, 0.3) is 0 Å². The number of halogens is 1. The molecule has 1 fully saturated rings. The van der Waals surface area contributed by atoms with Crippen molar-refractivity contribution in [1.82, 2.24) is 15.0 Å². The maximum absolute atomic E-state index is 5.86. The van der Waals surface area contributed by atoms with Gasteiger partial charge in [-0.15, -0.1) is 0 Å². The molecule has 6 heteroatoms. The monoisotopic (exact) mass is 298 g/mol. The van der Waals surface area contributed by atoms with Crippen molar-refractivity contribution in [3.63, 3.8) is 0 Å². The van der Waals surface area contributed by atoms with Gasteiger partial charge in [-0.25, -0.2) is 0 Å². The lowest BCUT2D eigenvalue weighted by atomic mass is 9.78. The summed E-state index contributed by atoms with van der Waals surface area (Å²) < 4.78 is 5.01. The summed E-state index contributed by atoms with van der Waals surface area (Å²) in [5, 5.41) is 3.48. The van der Waals surface area contributed by atoms with E-state index in [1.165, 1.54) is 39.2 Å². The molecule has 2 rings (SSSR count). The summed E-state index contributed by atoms with van der Waals surface area (Å²) in [6, 6.07) is 0.247. The maximum Gasteiger partial charge on any atom is 0.322 e. The van der Waals surface area contributed by atoms with Crippen molar-refractivity contribution in [2.75, 3.05) is 19.0 Å². The molecule has 0 atom stereocenters. The van der Waals surface area contributed by atoms with E-state index < -0.39 is 0 Å². The van der Waals surface area contributed by atoms with E-state index in [0.29, 0.717) is 17.3 Å². The Morgan fingerprint density at radius 2 is 1.95 bits per heavy atom. The first-order chi connectivity index (χ1) is 9.53. The molecule has 0 saturated heterocycles. The lowest BCUT2D eigenvalue weighted by molar-refractivity contribution is 0.252. The number of hydrogen-bond donors (Lipinski definition) is 1. The highest BCUT2D eigenvalue weighted by Gasteiger charge is 2.34. The highest BCUT2D eigenvalue weighted by atomic mass is 35.5.